The number of piperazine rings is 1. The number of carbonyl (C=O) groups is 2. The Labute approximate surface area is 97.5 Å². The number of nitrogens with zero attached hydrogens (tertiary/aromatic N) is 3. The molecule has 1 saturated heterocycles. The molecule has 0 bridgehead atoms. The van der Waals surface area contributed by atoms with E-state index in [-0.39, 0.29) is 18.0 Å². The van der Waals surface area contributed by atoms with E-state index in [0.29, 0.717) is 24.7 Å². The van der Waals surface area contributed by atoms with Crippen LogP contribution in [0, 0.1) is 6.92 Å². The van der Waals surface area contributed by atoms with Gasteiger partial charge in [0.1, 0.15) is 0 Å². The van der Waals surface area contributed by atoms with Gasteiger partial charge in [-0.15, -0.1) is 0 Å². The monoisotopic (exact) mass is 236 g/mol. The molecule has 2 heterocycles. The number of carboxylic acids is 1. The average molecular weight is 236 g/mol. The zero-order chi connectivity index (χ0) is 12.4. The van der Waals surface area contributed by atoms with E-state index in [4.69, 9.17) is 5.11 Å². The minimum atomic E-state index is -1.05. The second-order valence-corrected chi connectivity index (χ2v) is 3.75. The maximum absolute atomic E-state index is 11.2. The van der Waals surface area contributed by atoms with Gasteiger partial charge in [-0.25, -0.2) is 14.8 Å². The summed E-state index contributed by atoms with van der Waals surface area (Å²) >= 11 is 0. The number of rotatable bonds is 2. The van der Waals surface area contributed by atoms with Crippen molar-refractivity contribution in [1.29, 1.82) is 0 Å². The fourth-order valence-corrected chi connectivity index (χ4v) is 1.63. The lowest BCUT2D eigenvalue weighted by Crippen LogP contribution is -2.48. The number of carbonyl (C=O) groups excluding carboxylic acids is 1. The van der Waals surface area contributed by atoms with Gasteiger partial charge in [-0.1, -0.05) is 0 Å². The summed E-state index contributed by atoms with van der Waals surface area (Å²) in [6, 6.07) is 0. The molecule has 1 amide bonds. The summed E-state index contributed by atoms with van der Waals surface area (Å²) in [5.74, 6) is -0.743. The molecule has 2 N–H and O–H groups in total. The Morgan fingerprint density at radius 2 is 2.35 bits per heavy atom. The fourth-order valence-electron chi connectivity index (χ4n) is 1.63. The highest BCUT2D eigenvalue weighted by molar-refractivity contribution is 5.88. The molecule has 1 aliphatic heterocycles. The van der Waals surface area contributed by atoms with Crippen molar-refractivity contribution in [2.24, 2.45) is 0 Å². The number of aromatic carboxylic acids is 1. The summed E-state index contributed by atoms with van der Waals surface area (Å²) in [6.45, 7) is 2.98. The van der Waals surface area contributed by atoms with Crippen molar-refractivity contribution in [2.45, 2.75) is 6.92 Å². The number of anilines is 1. The van der Waals surface area contributed by atoms with Crippen molar-refractivity contribution < 1.29 is 14.7 Å². The van der Waals surface area contributed by atoms with E-state index in [9.17, 15) is 9.59 Å². The van der Waals surface area contributed by atoms with Gasteiger partial charge in [-0.05, 0) is 6.92 Å². The Balaban J connectivity index is 2.25. The summed E-state index contributed by atoms with van der Waals surface area (Å²) in [6.07, 6.45) is 1.27. The third-order valence-corrected chi connectivity index (χ3v) is 2.52. The average Bonchev–Trinajstić information content (AvgIpc) is 2.28. The topological polar surface area (TPSA) is 95.4 Å². The van der Waals surface area contributed by atoms with Crippen LogP contribution in [0.1, 0.15) is 16.1 Å². The Hall–Kier alpha value is -2.18. The Morgan fingerprint density at radius 1 is 1.59 bits per heavy atom. The molecule has 0 saturated carbocycles. The maximum atomic E-state index is 11.2. The third-order valence-electron chi connectivity index (χ3n) is 2.52. The van der Waals surface area contributed by atoms with Gasteiger partial charge in [-0.3, -0.25) is 4.79 Å². The van der Waals surface area contributed by atoms with Crippen LogP contribution in [0.2, 0.25) is 0 Å². The largest absolute Gasteiger partial charge is 0.478 e. The van der Waals surface area contributed by atoms with Crippen LogP contribution >= 0.6 is 0 Å². The molecule has 7 heteroatoms. The molecular weight excluding hydrogens is 224 g/mol. The van der Waals surface area contributed by atoms with Gasteiger partial charge < -0.3 is 15.3 Å². The number of amides is 1. The van der Waals surface area contributed by atoms with Crippen LogP contribution in [0.15, 0.2) is 6.20 Å². The number of nitrogens with one attached hydrogen (secondary N) is 1. The van der Waals surface area contributed by atoms with Gasteiger partial charge in [0.05, 0.1) is 17.8 Å². The molecule has 0 atom stereocenters. The van der Waals surface area contributed by atoms with Crippen LogP contribution in [0.25, 0.3) is 0 Å². The molecule has 1 aliphatic rings. The van der Waals surface area contributed by atoms with E-state index in [1.165, 1.54) is 6.20 Å². The normalized spacial score (nSPS) is 15.6. The van der Waals surface area contributed by atoms with Gasteiger partial charge in [0.25, 0.3) is 0 Å². The first-order valence-corrected chi connectivity index (χ1v) is 5.16. The smallest absolute Gasteiger partial charge is 0.339 e. The quantitative estimate of drug-likeness (QED) is 0.713. The van der Waals surface area contributed by atoms with Gasteiger partial charge in [0.15, 0.2) is 0 Å². The van der Waals surface area contributed by atoms with E-state index >= 15 is 0 Å². The molecule has 17 heavy (non-hydrogen) atoms. The zero-order valence-electron chi connectivity index (χ0n) is 9.30. The highest BCUT2D eigenvalue weighted by Crippen LogP contribution is 2.11. The first-order chi connectivity index (χ1) is 8.08. The Kier molecular flexibility index (Phi) is 2.90. The second kappa shape index (κ2) is 4.36. The number of aryl methyl sites for hydroxylation is 1. The molecule has 7 nitrogen and oxygen atoms in total. The van der Waals surface area contributed by atoms with Gasteiger partial charge in [-0.2, -0.15) is 0 Å². The lowest BCUT2D eigenvalue weighted by atomic mass is 10.2. The van der Waals surface area contributed by atoms with Crippen LogP contribution in [-0.4, -0.2) is 46.6 Å². The summed E-state index contributed by atoms with van der Waals surface area (Å²) in [5.41, 5.74) is 0.476. The Morgan fingerprint density at radius 3 is 2.94 bits per heavy atom. The molecule has 1 fully saturated rings. The number of hydrogen-bond acceptors (Lipinski definition) is 5. The zero-order valence-corrected chi connectivity index (χ0v) is 9.30. The summed E-state index contributed by atoms with van der Waals surface area (Å²) in [4.78, 5) is 31.8. The lowest BCUT2D eigenvalue weighted by molar-refractivity contribution is -0.120. The van der Waals surface area contributed by atoms with Crippen LogP contribution in [0.4, 0.5) is 5.95 Å². The van der Waals surface area contributed by atoms with E-state index in [0.717, 1.165) is 0 Å². The molecule has 0 unspecified atom stereocenters. The predicted molar refractivity (Wildman–Crippen MR) is 59.0 cm³/mol. The third kappa shape index (κ3) is 2.32. The van der Waals surface area contributed by atoms with E-state index in [1.807, 2.05) is 0 Å². The van der Waals surface area contributed by atoms with Crippen molar-refractivity contribution in [1.82, 2.24) is 15.3 Å². The molecule has 90 valence electrons. The van der Waals surface area contributed by atoms with Gasteiger partial charge >= 0.3 is 5.97 Å². The number of carboxylic acid groups (broad SMARTS) is 1. The second-order valence-electron chi connectivity index (χ2n) is 3.75. The highest BCUT2D eigenvalue weighted by Gasteiger charge is 2.20. The molecular formula is C10H12N4O3. The van der Waals surface area contributed by atoms with E-state index in [1.54, 1.807) is 11.8 Å². The number of aromatic nitrogens is 2. The van der Waals surface area contributed by atoms with Gasteiger partial charge in [0.2, 0.25) is 11.9 Å². The van der Waals surface area contributed by atoms with Crippen molar-refractivity contribution >= 4 is 17.8 Å². The minimum Gasteiger partial charge on any atom is -0.478 e. The maximum Gasteiger partial charge on any atom is 0.339 e. The molecule has 0 aromatic carbocycles. The van der Waals surface area contributed by atoms with Crippen LogP contribution in [0.3, 0.4) is 0 Å². The summed E-state index contributed by atoms with van der Waals surface area (Å²) in [7, 11) is 0. The fraction of sp³-hybridized carbons (Fsp3) is 0.400. The highest BCUT2D eigenvalue weighted by atomic mass is 16.4. The van der Waals surface area contributed by atoms with Crippen LogP contribution < -0.4 is 10.2 Å². The first-order valence-electron chi connectivity index (χ1n) is 5.16. The molecule has 0 radical (unpaired) electrons. The van der Waals surface area contributed by atoms with Gasteiger partial charge in [0, 0.05) is 19.3 Å². The SMILES string of the molecule is Cc1nc(N2CCNC(=O)C2)ncc1C(=O)O. The standard InChI is InChI=1S/C10H12N4O3/c1-6-7(9(16)17)4-12-10(13-6)14-3-2-11-8(15)5-14/h4H,2-3,5H2,1H3,(H,11,15)(H,16,17). The van der Waals surface area contributed by atoms with Crippen LogP contribution in [0.5, 0.6) is 0 Å². The molecule has 2 rings (SSSR count). The molecule has 1 aromatic rings. The summed E-state index contributed by atoms with van der Waals surface area (Å²) in [5, 5.41) is 11.5. The molecule has 0 spiro atoms. The minimum absolute atomic E-state index is 0.0789. The van der Waals surface area contributed by atoms with Crippen molar-refractivity contribution in [3.63, 3.8) is 0 Å². The van der Waals surface area contributed by atoms with Crippen molar-refractivity contribution in [2.75, 3.05) is 24.5 Å². The molecule has 1 aromatic heterocycles. The van der Waals surface area contributed by atoms with Crippen molar-refractivity contribution in [3.05, 3.63) is 17.5 Å². The predicted octanol–water partition coefficient (Wildman–Crippen LogP) is -0.581. The summed E-state index contributed by atoms with van der Waals surface area (Å²) < 4.78 is 0. The molecule has 0 aliphatic carbocycles. The van der Waals surface area contributed by atoms with E-state index < -0.39 is 5.97 Å². The Bertz CT molecular complexity index is 475. The van der Waals surface area contributed by atoms with E-state index in [2.05, 4.69) is 15.3 Å². The lowest BCUT2D eigenvalue weighted by Gasteiger charge is -2.26. The van der Waals surface area contributed by atoms with Crippen LogP contribution in [-0.2, 0) is 4.79 Å². The number of hydrogen-bond donors (Lipinski definition) is 2. The first kappa shape index (κ1) is 11.3. The van der Waals surface area contributed by atoms with Crippen molar-refractivity contribution in [3.8, 4) is 0 Å².